The van der Waals surface area contributed by atoms with Crippen molar-refractivity contribution in [3.63, 3.8) is 0 Å². The fourth-order valence-corrected chi connectivity index (χ4v) is 4.99. The van der Waals surface area contributed by atoms with Crippen molar-refractivity contribution in [3.8, 4) is 0 Å². The lowest BCUT2D eigenvalue weighted by atomic mass is 10.1. The number of carbonyl (C=O) groups excluding carboxylic acids is 2. The van der Waals surface area contributed by atoms with E-state index in [1.165, 1.54) is 4.88 Å². The zero-order valence-electron chi connectivity index (χ0n) is 14.0. The fourth-order valence-electron chi connectivity index (χ4n) is 3.83. The lowest BCUT2D eigenvalue weighted by Gasteiger charge is -2.26. The van der Waals surface area contributed by atoms with Crippen molar-refractivity contribution in [1.82, 2.24) is 4.90 Å². The SMILES string of the molecule is O=C1[C@H](C(=O)N2CCC[C@@H]2c2cccs2)CCN1c1ccc(Cl)c(Cl)c1. The van der Waals surface area contributed by atoms with E-state index >= 15 is 0 Å². The number of halogens is 2. The average molecular weight is 409 g/mol. The van der Waals surface area contributed by atoms with E-state index < -0.39 is 5.92 Å². The molecular weight excluding hydrogens is 391 g/mol. The molecule has 0 bridgehead atoms. The predicted octanol–water partition coefficient (Wildman–Crippen LogP) is 4.77. The highest BCUT2D eigenvalue weighted by Gasteiger charge is 2.42. The molecule has 3 heterocycles. The summed E-state index contributed by atoms with van der Waals surface area (Å²) in [7, 11) is 0. The summed E-state index contributed by atoms with van der Waals surface area (Å²) in [5, 5.41) is 2.89. The van der Waals surface area contributed by atoms with Crippen LogP contribution in [0.4, 0.5) is 5.69 Å². The van der Waals surface area contributed by atoms with Crippen molar-refractivity contribution in [1.29, 1.82) is 0 Å². The Morgan fingerprint density at radius 1 is 1.12 bits per heavy atom. The van der Waals surface area contributed by atoms with Crippen LogP contribution in [-0.2, 0) is 9.59 Å². The topological polar surface area (TPSA) is 40.6 Å². The first kappa shape index (κ1) is 17.8. The van der Waals surface area contributed by atoms with Gasteiger partial charge in [-0.25, -0.2) is 0 Å². The Bertz CT molecular complexity index is 840. The molecule has 4 rings (SSSR count). The third kappa shape index (κ3) is 3.13. The monoisotopic (exact) mass is 408 g/mol. The van der Waals surface area contributed by atoms with Gasteiger partial charge in [0.05, 0.1) is 16.1 Å². The highest BCUT2D eigenvalue weighted by Crippen LogP contribution is 2.37. The molecule has 0 saturated carbocycles. The minimum Gasteiger partial charge on any atom is -0.334 e. The standard InChI is InChI=1S/C19H18Cl2N2O2S/c20-14-6-5-12(11-15(14)21)22-9-7-13(18(22)24)19(25)23-8-1-3-16(23)17-4-2-10-26-17/h2,4-6,10-11,13,16H,1,3,7-9H2/t13-,16-/m1/s1. The number of anilines is 1. The van der Waals surface area contributed by atoms with Crippen LogP contribution in [0.1, 0.15) is 30.2 Å². The van der Waals surface area contributed by atoms with Gasteiger partial charge < -0.3 is 9.80 Å². The van der Waals surface area contributed by atoms with Gasteiger partial charge in [0.1, 0.15) is 5.92 Å². The second-order valence-corrected chi connectivity index (χ2v) is 8.43. The van der Waals surface area contributed by atoms with Gasteiger partial charge in [-0.1, -0.05) is 29.3 Å². The summed E-state index contributed by atoms with van der Waals surface area (Å²) in [4.78, 5) is 30.7. The molecule has 2 aliphatic rings. The number of rotatable bonds is 3. The van der Waals surface area contributed by atoms with E-state index in [0.29, 0.717) is 28.7 Å². The van der Waals surface area contributed by atoms with Gasteiger partial charge in [0.25, 0.3) is 0 Å². The van der Waals surface area contributed by atoms with Crippen LogP contribution in [0.2, 0.25) is 10.0 Å². The van der Waals surface area contributed by atoms with Gasteiger partial charge in [-0.2, -0.15) is 0 Å². The van der Waals surface area contributed by atoms with Crippen LogP contribution in [0.3, 0.4) is 0 Å². The van der Waals surface area contributed by atoms with Crippen LogP contribution in [-0.4, -0.2) is 29.8 Å². The van der Waals surface area contributed by atoms with Gasteiger partial charge in [-0.15, -0.1) is 11.3 Å². The summed E-state index contributed by atoms with van der Waals surface area (Å²) in [5.41, 5.74) is 0.691. The number of benzene rings is 1. The molecule has 2 atom stereocenters. The minimum atomic E-state index is -0.606. The number of nitrogens with zero attached hydrogens (tertiary/aromatic N) is 2. The molecule has 4 nitrogen and oxygen atoms in total. The molecule has 2 saturated heterocycles. The zero-order valence-corrected chi connectivity index (χ0v) is 16.4. The van der Waals surface area contributed by atoms with E-state index in [1.807, 2.05) is 16.3 Å². The molecule has 0 unspecified atom stereocenters. The third-order valence-corrected chi connectivity index (χ3v) is 6.84. The summed E-state index contributed by atoms with van der Waals surface area (Å²) >= 11 is 13.7. The first-order valence-electron chi connectivity index (χ1n) is 8.66. The predicted molar refractivity (Wildman–Crippen MR) is 105 cm³/mol. The molecule has 136 valence electrons. The molecule has 2 amide bonds. The number of hydrogen-bond donors (Lipinski definition) is 0. The second kappa shape index (κ2) is 7.22. The number of carbonyl (C=O) groups is 2. The van der Waals surface area contributed by atoms with Crippen molar-refractivity contribution in [2.45, 2.75) is 25.3 Å². The van der Waals surface area contributed by atoms with Gasteiger partial charge in [0.2, 0.25) is 11.8 Å². The summed E-state index contributed by atoms with van der Waals surface area (Å²) in [5.74, 6) is -0.802. The smallest absolute Gasteiger partial charge is 0.239 e. The van der Waals surface area contributed by atoms with E-state index in [0.717, 1.165) is 19.4 Å². The Hall–Kier alpha value is -1.56. The van der Waals surface area contributed by atoms with E-state index in [4.69, 9.17) is 23.2 Å². The summed E-state index contributed by atoms with van der Waals surface area (Å²) < 4.78 is 0. The third-order valence-electron chi connectivity index (χ3n) is 5.13. The van der Waals surface area contributed by atoms with Crippen molar-refractivity contribution < 1.29 is 9.59 Å². The molecule has 2 fully saturated rings. The van der Waals surface area contributed by atoms with Gasteiger partial charge in [0, 0.05) is 23.7 Å². The van der Waals surface area contributed by atoms with Crippen LogP contribution in [0.25, 0.3) is 0 Å². The van der Waals surface area contributed by atoms with Crippen LogP contribution in [0.15, 0.2) is 35.7 Å². The van der Waals surface area contributed by atoms with E-state index in [9.17, 15) is 9.59 Å². The highest BCUT2D eigenvalue weighted by molar-refractivity contribution is 7.10. The summed E-state index contributed by atoms with van der Waals surface area (Å²) in [6.07, 6.45) is 2.47. The molecule has 26 heavy (non-hydrogen) atoms. The minimum absolute atomic E-state index is 0.0477. The summed E-state index contributed by atoms with van der Waals surface area (Å²) in [6, 6.07) is 9.30. The maximum absolute atomic E-state index is 13.1. The van der Waals surface area contributed by atoms with Crippen molar-refractivity contribution in [3.05, 3.63) is 50.6 Å². The normalized spacial score (nSPS) is 23.1. The summed E-state index contributed by atoms with van der Waals surface area (Å²) in [6.45, 7) is 1.24. The molecule has 0 spiro atoms. The number of thiophene rings is 1. The van der Waals surface area contributed by atoms with Crippen LogP contribution < -0.4 is 4.90 Å². The lowest BCUT2D eigenvalue weighted by Crippen LogP contribution is -2.39. The molecular formula is C19H18Cl2N2O2S. The highest BCUT2D eigenvalue weighted by atomic mass is 35.5. The number of likely N-dealkylation sites (tertiary alicyclic amines) is 1. The van der Waals surface area contributed by atoms with Crippen LogP contribution in [0.5, 0.6) is 0 Å². The van der Waals surface area contributed by atoms with Gasteiger partial charge in [-0.3, -0.25) is 9.59 Å². The van der Waals surface area contributed by atoms with Gasteiger partial charge in [-0.05, 0) is 48.9 Å². The molecule has 0 aliphatic carbocycles. The molecule has 2 aliphatic heterocycles. The number of hydrogen-bond acceptors (Lipinski definition) is 3. The molecule has 7 heteroatoms. The Labute approximate surface area is 166 Å². The van der Waals surface area contributed by atoms with E-state index in [1.54, 1.807) is 34.4 Å². The Morgan fingerprint density at radius 3 is 2.69 bits per heavy atom. The maximum Gasteiger partial charge on any atom is 0.239 e. The van der Waals surface area contributed by atoms with Crippen LogP contribution >= 0.6 is 34.5 Å². The second-order valence-electron chi connectivity index (χ2n) is 6.63. The molecule has 1 aromatic heterocycles. The Balaban J connectivity index is 1.52. The molecule has 0 N–H and O–H groups in total. The Kier molecular flexibility index (Phi) is 4.95. The number of amides is 2. The van der Waals surface area contributed by atoms with E-state index in [-0.39, 0.29) is 17.9 Å². The van der Waals surface area contributed by atoms with Crippen molar-refractivity contribution >= 4 is 52.0 Å². The average Bonchev–Trinajstić information content (AvgIpc) is 3.36. The van der Waals surface area contributed by atoms with Gasteiger partial charge >= 0.3 is 0 Å². The lowest BCUT2D eigenvalue weighted by molar-refractivity contribution is -0.140. The van der Waals surface area contributed by atoms with Crippen molar-refractivity contribution in [2.75, 3.05) is 18.0 Å². The molecule has 1 aromatic carbocycles. The zero-order chi connectivity index (χ0) is 18.3. The van der Waals surface area contributed by atoms with Crippen LogP contribution in [0, 0.1) is 5.92 Å². The van der Waals surface area contributed by atoms with E-state index in [2.05, 4.69) is 6.07 Å². The fraction of sp³-hybridized carbons (Fsp3) is 0.368. The van der Waals surface area contributed by atoms with Crippen molar-refractivity contribution in [2.24, 2.45) is 5.92 Å². The first-order chi connectivity index (χ1) is 12.6. The largest absolute Gasteiger partial charge is 0.334 e. The van der Waals surface area contributed by atoms with Gasteiger partial charge in [0.15, 0.2) is 0 Å². The molecule has 0 radical (unpaired) electrons. The first-order valence-corrected chi connectivity index (χ1v) is 10.3. The maximum atomic E-state index is 13.1. The molecule has 2 aromatic rings. The quantitative estimate of drug-likeness (QED) is 0.686. The Morgan fingerprint density at radius 2 is 1.96 bits per heavy atom.